The lowest BCUT2D eigenvalue weighted by atomic mass is 10.1. The van der Waals surface area contributed by atoms with Gasteiger partial charge in [0.2, 0.25) is 0 Å². The molecule has 1 atom stereocenters. The minimum atomic E-state index is 0.687. The second-order valence-corrected chi connectivity index (χ2v) is 4.91. The Morgan fingerprint density at radius 1 is 1.50 bits per heavy atom. The van der Waals surface area contributed by atoms with Gasteiger partial charge in [0.1, 0.15) is 0 Å². The highest BCUT2D eigenvalue weighted by Crippen LogP contribution is 2.21. The molecule has 0 amide bonds. The van der Waals surface area contributed by atoms with Crippen molar-refractivity contribution in [1.29, 1.82) is 0 Å². The summed E-state index contributed by atoms with van der Waals surface area (Å²) >= 11 is 2.05. The first kappa shape index (κ1) is 9.91. The highest BCUT2D eigenvalue weighted by Gasteiger charge is 2.14. The van der Waals surface area contributed by atoms with Crippen molar-refractivity contribution in [2.75, 3.05) is 16.8 Å². The summed E-state index contributed by atoms with van der Waals surface area (Å²) < 4.78 is 0. The van der Waals surface area contributed by atoms with Crippen molar-refractivity contribution in [3.8, 4) is 0 Å². The van der Waals surface area contributed by atoms with Crippen molar-refractivity contribution in [2.45, 2.75) is 25.8 Å². The van der Waals surface area contributed by atoms with E-state index in [1.165, 1.54) is 29.2 Å². The molecule has 0 aromatic heterocycles. The van der Waals surface area contributed by atoms with Gasteiger partial charge >= 0.3 is 0 Å². The van der Waals surface area contributed by atoms with Gasteiger partial charge in [-0.1, -0.05) is 19.1 Å². The van der Waals surface area contributed by atoms with E-state index in [4.69, 9.17) is 0 Å². The van der Waals surface area contributed by atoms with Gasteiger partial charge in [-0.25, -0.2) is 0 Å². The minimum Gasteiger partial charge on any atom is -0.381 e. The largest absolute Gasteiger partial charge is 0.381 e. The molecule has 1 nitrogen and oxygen atoms in total. The fourth-order valence-corrected chi connectivity index (χ4v) is 2.92. The monoisotopic (exact) mass is 207 g/mol. The fourth-order valence-electron chi connectivity index (χ4n) is 1.77. The summed E-state index contributed by atoms with van der Waals surface area (Å²) in [5, 5.41) is 3.59. The quantitative estimate of drug-likeness (QED) is 0.817. The molecule has 76 valence electrons. The number of anilines is 1. The third kappa shape index (κ3) is 2.44. The van der Waals surface area contributed by atoms with E-state index in [-0.39, 0.29) is 0 Å². The first-order valence-corrected chi connectivity index (χ1v) is 6.47. The number of aryl methyl sites for hydroxylation is 1. The maximum Gasteiger partial charge on any atom is 0.0359 e. The Balaban J connectivity index is 2.00. The molecule has 1 aliphatic rings. The minimum absolute atomic E-state index is 0.687. The second kappa shape index (κ2) is 4.74. The topological polar surface area (TPSA) is 12.0 Å². The van der Waals surface area contributed by atoms with E-state index in [2.05, 4.69) is 36.5 Å². The van der Waals surface area contributed by atoms with Gasteiger partial charge < -0.3 is 5.32 Å². The van der Waals surface area contributed by atoms with E-state index in [9.17, 15) is 0 Å². The standard InChI is InChI=1S/C12H17NS/c1-2-10-4-3-5-11(8-10)13-12-6-7-14-9-12/h3-5,8,12-13H,2,6-7,9H2,1H3. The Hall–Kier alpha value is -0.630. The van der Waals surface area contributed by atoms with Gasteiger partial charge in [0, 0.05) is 17.5 Å². The maximum atomic E-state index is 3.59. The van der Waals surface area contributed by atoms with Crippen LogP contribution in [0.4, 0.5) is 5.69 Å². The Morgan fingerprint density at radius 2 is 2.43 bits per heavy atom. The molecule has 1 fully saturated rings. The second-order valence-electron chi connectivity index (χ2n) is 3.76. The van der Waals surface area contributed by atoms with Crippen LogP contribution in [0.15, 0.2) is 24.3 Å². The lowest BCUT2D eigenvalue weighted by molar-refractivity contribution is 0.812. The van der Waals surface area contributed by atoms with Gasteiger partial charge in [0.05, 0.1) is 0 Å². The van der Waals surface area contributed by atoms with Crippen LogP contribution >= 0.6 is 11.8 Å². The number of hydrogen-bond donors (Lipinski definition) is 1. The van der Waals surface area contributed by atoms with Crippen LogP contribution in [0.1, 0.15) is 18.9 Å². The van der Waals surface area contributed by atoms with Gasteiger partial charge in [0.25, 0.3) is 0 Å². The van der Waals surface area contributed by atoms with Crippen LogP contribution in [0.3, 0.4) is 0 Å². The Morgan fingerprint density at radius 3 is 3.14 bits per heavy atom. The van der Waals surface area contributed by atoms with Gasteiger partial charge in [-0.15, -0.1) is 0 Å². The predicted molar refractivity (Wildman–Crippen MR) is 65.2 cm³/mol. The smallest absolute Gasteiger partial charge is 0.0359 e. The molecule has 0 saturated carbocycles. The van der Waals surface area contributed by atoms with Crippen LogP contribution in [0.5, 0.6) is 0 Å². The van der Waals surface area contributed by atoms with Crippen molar-refractivity contribution >= 4 is 17.4 Å². The lowest BCUT2D eigenvalue weighted by Gasteiger charge is -2.13. The summed E-state index contributed by atoms with van der Waals surface area (Å²) in [7, 11) is 0. The maximum absolute atomic E-state index is 3.59. The van der Waals surface area contributed by atoms with Crippen LogP contribution < -0.4 is 5.32 Å². The summed E-state index contributed by atoms with van der Waals surface area (Å²) in [5.41, 5.74) is 2.71. The molecular weight excluding hydrogens is 190 g/mol. The summed E-state index contributed by atoms with van der Waals surface area (Å²) in [5.74, 6) is 2.57. The zero-order chi connectivity index (χ0) is 9.80. The fraction of sp³-hybridized carbons (Fsp3) is 0.500. The van der Waals surface area contributed by atoms with Gasteiger partial charge in [-0.3, -0.25) is 0 Å². The van der Waals surface area contributed by atoms with E-state index in [1.807, 2.05) is 11.8 Å². The summed E-state index contributed by atoms with van der Waals surface area (Å²) in [6, 6.07) is 9.45. The zero-order valence-electron chi connectivity index (χ0n) is 8.62. The lowest BCUT2D eigenvalue weighted by Crippen LogP contribution is -2.17. The van der Waals surface area contributed by atoms with Crippen LogP contribution in [-0.2, 0) is 6.42 Å². The molecule has 2 heteroatoms. The van der Waals surface area contributed by atoms with Gasteiger partial charge in [-0.05, 0) is 36.3 Å². The molecule has 1 aliphatic heterocycles. The van der Waals surface area contributed by atoms with Crippen molar-refractivity contribution < 1.29 is 0 Å². The van der Waals surface area contributed by atoms with E-state index >= 15 is 0 Å². The van der Waals surface area contributed by atoms with Gasteiger partial charge in [0.15, 0.2) is 0 Å². The predicted octanol–water partition coefficient (Wildman–Crippen LogP) is 3.17. The molecule has 1 heterocycles. The van der Waals surface area contributed by atoms with Crippen LogP contribution in [0.25, 0.3) is 0 Å². The van der Waals surface area contributed by atoms with E-state index in [1.54, 1.807) is 0 Å². The summed E-state index contributed by atoms with van der Waals surface area (Å²) in [6.07, 6.45) is 2.43. The highest BCUT2D eigenvalue weighted by molar-refractivity contribution is 7.99. The number of rotatable bonds is 3. The SMILES string of the molecule is CCc1cccc(NC2CCSC2)c1. The van der Waals surface area contributed by atoms with Crippen molar-refractivity contribution in [1.82, 2.24) is 0 Å². The molecule has 14 heavy (non-hydrogen) atoms. The number of thioether (sulfide) groups is 1. The molecule has 2 rings (SSSR count). The van der Waals surface area contributed by atoms with Crippen molar-refractivity contribution in [2.24, 2.45) is 0 Å². The number of benzene rings is 1. The molecule has 0 bridgehead atoms. The van der Waals surface area contributed by atoms with Crippen molar-refractivity contribution in [3.63, 3.8) is 0 Å². The molecular formula is C12H17NS. The van der Waals surface area contributed by atoms with E-state index < -0.39 is 0 Å². The third-order valence-electron chi connectivity index (χ3n) is 2.64. The molecule has 1 aromatic rings. The molecule has 0 aliphatic carbocycles. The molecule has 1 aromatic carbocycles. The summed E-state index contributed by atoms with van der Waals surface area (Å²) in [6.45, 7) is 2.20. The molecule has 1 N–H and O–H groups in total. The van der Waals surface area contributed by atoms with Crippen LogP contribution in [0, 0.1) is 0 Å². The first-order valence-electron chi connectivity index (χ1n) is 5.31. The highest BCUT2D eigenvalue weighted by atomic mass is 32.2. The van der Waals surface area contributed by atoms with Crippen molar-refractivity contribution in [3.05, 3.63) is 29.8 Å². The Kier molecular flexibility index (Phi) is 3.35. The van der Waals surface area contributed by atoms with E-state index in [0.29, 0.717) is 6.04 Å². The first-order chi connectivity index (χ1) is 6.88. The normalized spacial score (nSPS) is 21.1. The van der Waals surface area contributed by atoms with Crippen LogP contribution in [-0.4, -0.2) is 17.5 Å². The molecule has 1 unspecified atom stereocenters. The Labute approximate surface area is 90.3 Å². The average Bonchev–Trinajstić information content (AvgIpc) is 2.71. The number of nitrogens with one attached hydrogen (secondary N) is 1. The van der Waals surface area contributed by atoms with Crippen LogP contribution in [0.2, 0.25) is 0 Å². The average molecular weight is 207 g/mol. The molecule has 1 saturated heterocycles. The summed E-state index contributed by atoms with van der Waals surface area (Å²) in [4.78, 5) is 0. The third-order valence-corrected chi connectivity index (χ3v) is 3.80. The van der Waals surface area contributed by atoms with Gasteiger partial charge in [-0.2, -0.15) is 11.8 Å². The van der Waals surface area contributed by atoms with E-state index in [0.717, 1.165) is 6.42 Å². The zero-order valence-corrected chi connectivity index (χ0v) is 9.44. The Bertz CT molecular complexity index is 292. The molecule has 0 radical (unpaired) electrons. The molecule has 0 spiro atoms. The number of hydrogen-bond acceptors (Lipinski definition) is 2.